The molecule has 3 rings (SSSR count). The van der Waals surface area contributed by atoms with Crippen LogP contribution in [0.4, 0.5) is 0 Å². The Bertz CT molecular complexity index is 819. The van der Waals surface area contributed by atoms with Gasteiger partial charge in [0.1, 0.15) is 17.1 Å². The fourth-order valence-electron chi connectivity index (χ4n) is 2.59. The fraction of sp³-hybridized carbons (Fsp3) is 0.294. The molecule has 0 aromatic carbocycles. The molecule has 0 saturated carbocycles. The van der Waals surface area contributed by atoms with E-state index in [1.807, 2.05) is 18.2 Å². The zero-order valence-corrected chi connectivity index (χ0v) is 13.1. The summed E-state index contributed by atoms with van der Waals surface area (Å²) in [6.45, 7) is 3.58. The summed E-state index contributed by atoms with van der Waals surface area (Å²) >= 11 is 0. The van der Waals surface area contributed by atoms with Crippen LogP contribution in [0.1, 0.15) is 28.9 Å². The van der Waals surface area contributed by atoms with E-state index in [4.69, 9.17) is 4.42 Å². The van der Waals surface area contributed by atoms with Crippen molar-refractivity contribution in [2.75, 3.05) is 6.54 Å². The minimum absolute atomic E-state index is 0.117. The summed E-state index contributed by atoms with van der Waals surface area (Å²) < 4.78 is 6.98. The Morgan fingerprint density at radius 1 is 1.39 bits per heavy atom. The smallest absolute Gasteiger partial charge is 0.270 e. The molecule has 0 fully saturated rings. The van der Waals surface area contributed by atoms with Crippen molar-refractivity contribution in [2.45, 2.75) is 25.9 Å². The molecule has 1 amide bonds. The van der Waals surface area contributed by atoms with E-state index in [1.165, 1.54) is 0 Å². The molecule has 23 heavy (non-hydrogen) atoms. The third-order valence-electron chi connectivity index (χ3n) is 3.68. The lowest BCUT2D eigenvalue weighted by Gasteiger charge is -2.22. The van der Waals surface area contributed by atoms with E-state index in [2.05, 4.69) is 10.3 Å². The molecule has 1 atom stereocenters. The van der Waals surface area contributed by atoms with Gasteiger partial charge >= 0.3 is 0 Å². The maximum Gasteiger partial charge on any atom is 0.270 e. The monoisotopic (exact) mass is 313 g/mol. The van der Waals surface area contributed by atoms with Crippen LogP contribution < -0.4 is 5.32 Å². The molecule has 1 unspecified atom stereocenters. The number of pyridine rings is 1. The number of fused-ring (bicyclic) bond motifs is 1. The highest BCUT2D eigenvalue weighted by atomic mass is 16.3. The summed E-state index contributed by atoms with van der Waals surface area (Å²) in [7, 11) is 0. The van der Waals surface area contributed by atoms with Crippen LogP contribution in [0, 0.1) is 6.92 Å². The van der Waals surface area contributed by atoms with Gasteiger partial charge in [0.2, 0.25) is 0 Å². The van der Waals surface area contributed by atoms with Crippen molar-refractivity contribution in [2.24, 2.45) is 0 Å². The first kappa shape index (κ1) is 15.3. The molecule has 0 spiro atoms. The molecule has 3 aromatic rings. The topological polar surface area (TPSA) is 79.8 Å². The van der Waals surface area contributed by atoms with Crippen molar-refractivity contribution in [3.63, 3.8) is 0 Å². The number of imidazole rings is 1. The molecule has 120 valence electrons. The number of amides is 1. The zero-order chi connectivity index (χ0) is 16.4. The van der Waals surface area contributed by atoms with E-state index < -0.39 is 5.60 Å². The molecule has 0 radical (unpaired) electrons. The molecule has 6 heteroatoms. The number of carbonyl (C=O) groups excluding carboxylic acids is 1. The first-order valence-corrected chi connectivity index (χ1v) is 7.43. The van der Waals surface area contributed by atoms with Crippen LogP contribution in [0.3, 0.4) is 0 Å². The van der Waals surface area contributed by atoms with Crippen LogP contribution in [0.15, 0.2) is 47.2 Å². The Kier molecular flexibility index (Phi) is 3.92. The second-order valence-electron chi connectivity index (χ2n) is 5.91. The van der Waals surface area contributed by atoms with E-state index in [0.29, 0.717) is 23.6 Å². The van der Waals surface area contributed by atoms with Crippen molar-refractivity contribution in [1.82, 2.24) is 14.7 Å². The number of aliphatic hydroxyl groups is 1. The lowest BCUT2D eigenvalue weighted by Crippen LogP contribution is -2.42. The Labute approximate surface area is 133 Å². The van der Waals surface area contributed by atoms with Gasteiger partial charge in [0.25, 0.3) is 5.91 Å². The van der Waals surface area contributed by atoms with Crippen LogP contribution in [0.25, 0.3) is 5.65 Å². The number of aromatic nitrogens is 2. The highest BCUT2D eigenvalue weighted by molar-refractivity contribution is 5.94. The minimum Gasteiger partial charge on any atom is -0.469 e. The van der Waals surface area contributed by atoms with E-state index in [1.54, 1.807) is 42.8 Å². The minimum atomic E-state index is -1.10. The quantitative estimate of drug-likeness (QED) is 0.754. The van der Waals surface area contributed by atoms with Gasteiger partial charge in [0.05, 0.1) is 17.6 Å². The van der Waals surface area contributed by atoms with Gasteiger partial charge in [-0.3, -0.25) is 9.20 Å². The first-order valence-electron chi connectivity index (χ1n) is 7.43. The molecule has 0 aliphatic carbocycles. The summed E-state index contributed by atoms with van der Waals surface area (Å²) in [6.07, 6.45) is 3.68. The molecule has 0 bridgehead atoms. The molecular formula is C17H19N3O3. The Morgan fingerprint density at radius 2 is 2.22 bits per heavy atom. The molecule has 2 N–H and O–H groups in total. The third kappa shape index (κ3) is 3.27. The lowest BCUT2D eigenvalue weighted by atomic mass is 10.0. The fourth-order valence-corrected chi connectivity index (χ4v) is 2.59. The SMILES string of the molecule is Cc1nc2ccccn2c1C(=O)NCC(C)(O)Cc1ccco1. The van der Waals surface area contributed by atoms with Gasteiger partial charge in [0, 0.05) is 19.2 Å². The van der Waals surface area contributed by atoms with Gasteiger partial charge in [0.15, 0.2) is 0 Å². The molecule has 0 saturated heterocycles. The van der Waals surface area contributed by atoms with Gasteiger partial charge in [-0.25, -0.2) is 4.98 Å². The molecule has 0 aliphatic rings. The Balaban J connectivity index is 1.72. The van der Waals surface area contributed by atoms with E-state index in [9.17, 15) is 9.90 Å². The summed E-state index contributed by atoms with van der Waals surface area (Å²) in [5, 5.41) is 13.2. The van der Waals surface area contributed by atoms with Crippen LogP contribution in [0.5, 0.6) is 0 Å². The predicted molar refractivity (Wildman–Crippen MR) is 85.3 cm³/mol. The van der Waals surface area contributed by atoms with Gasteiger partial charge in [-0.15, -0.1) is 0 Å². The van der Waals surface area contributed by atoms with Crippen LogP contribution in [0.2, 0.25) is 0 Å². The normalized spacial score (nSPS) is 13.9. The van der Waals surface area contributed by atoms with Crippen LogP contribution in [-0.2, 0) is 6.42 Å². The van der Waals surface area contributed by atoms with Crippen molar-refractivity contribution < 1.29 is 14.3 Å². The van der Waals surface area contributed by atoms with E-state index in [0.717, 1.165) is 5.65 Å². The van der Waals surface area contributed by atoms with Gasteiger partial charge < -0.3 is 14.8 Å². The maximum absolute atomic E-state index is 12.5. The van der Waals surface area contributed by atoms with Gasteiger partial charge in [-0.05, 0) is 38.1 Å². The number of nitrogens with one attached hydrogen (secondary N) is 1. The number of furan rings is 1. The molecule has 0 aliphatic heterocycles. The van der Waals surface area contributed by atoms with Crippen molar-refractivity contribution in [1.29, 1.82) is 0 Å². The number of hydrogen-bond donors (Lipinski definition) is 2. The Hall–Kier alpha value is -2.60. The van der Waals surface area contributed by atoms with Crippen molar-refractivity contribution in [3.05, 3.63) is 59.9 Å². The lowest BCUT2D eigenvalue weighted by molar-refractivity contribution is 0.0508. The highest BCUT2D eigenvalue weighted by Gasteiger charge is 2.25. The third-order valence-corrected chi connectivity index (χ3v) is 3.68. The molecular weight excluding hydrogens is 294 g/mol. The number of hydrogen-bond acceptors (Lipinski definition) is 4. The molecule has 3 heterocycles. The van der Waals surface area contributed by atoms with E-state index in [-0.39, 0.29) is 12.5 Å². The highest BCUT2D eigenvalue weighted by Crippen LogP contribution is 2.14. The van der Waals surface area contributed by atoms with Gasteiger partial charge in [-0.1, -0.05) is 6.07 Å². The van der Waals surface area contributed by atoms with E-state index >= 15 is 0 Å². The van der Waals surface area contributed by atoms with Crippen LogP contribution in [-0.4, -0.2) is 32.5 Å². The largest absolute Gasteiger partial charge is 0.469 e. The second kappa shape index (κ2) is 5.89. The zero-order valence-electron chi connectivity index (χ0n) is 13.1. The average molecular weight is 313 g/mol. The van der Waals surface area contributed by atoms with Crippen molar-refractivity contribution in [3.8, 4) is 0 Å². The molecule has 3 aromatic heterocycles. The molecule has 6 nitrogen and oxygen atoms in total. The predicted octanol–water partition coefficient (Wildman–Crippen LogP) is 1.96. The average Bonchev–Trinajstić information content (AvgIpc) is 3.10. The van der Waals surface area contributed by atoms with Crippen molar-refractivity contribution >= 4 is 11.6 Å². The number of nitrogens with zero attached hydrogens (tertiary/aromatic N) is 2. The van der Waals surface area contributed by atoms with Crippen LogP contribution >= 0.6 is 0 Å². The number of rotatable bonds is 5. The first-order chi connectivity index (χ1) is 11.0. The van der Waals surface area contributed by atoms with Gasteiger partial charge in [-0.2, -0.15) is 0 Å². The Morgan fingerprint density at radius 3 is 2.96 bits per heavy atom. The number of aryl methyl sites for hydroxylation is 1. The summed E-state index contributed by atoms with van der Waals surface area (Å²) in [6, 6.07) is 9.13. The summed E-state index contributed by atoms with van der Waals surface area (Å²) in [5.41, 5.74) is 0.758. The summed E-state index contributed by atoms with van der Waals surface area (Å²) in [5.74, 6) is 0.413. The maximum atomic E-state index is 12.5. The second-order valence-corrected chi connectivity index (χ2v) is 5.91. The number of carbonyl (C=O) groups is 1. The summed E-state index contributed by atoms with van der Waals surface area (Å²) in [4.78, 5) is 16.8. The standard InChI is InChI=1S/C17H19N3O3/c1-12-15(20-8-4-3-7-14(20)19-12)16(21)18-11-17(2,22)10-13-6-5-9-23-13/h3-9,22H,10-11H2,1-2H3,(H,18,21).